The maximum absolute atomic E-state index is 9.76. The molecule has 0 spiro atoms. The van der Waals surface area contributed by atoms with Crippen LogP contribution in [0, 0.1) is 0 Å². The number of rotatable bonds is 1. The Bertz CT molecular complexity index is 428. The first-order valence-corrected chi connectivity index (χ1v) is 4.11. The van der Waals surface area contributed by atoms with Crippen molar-refractivity contribution in [3.8, 4) is 0 Å². The summed E-state index contributed by atoms with van der Waals surface area (Å²) >= 11 is 0. The topological polar surface area (TPSA) is 61.8 Å². The molecule has 0 aliphatic heterocycles. The summed E-state index contributed by atoms with van der Waals surface area (Å²) in [4.78, 5) is 4.15. The molecular weight excluding hydrogens is 166 g/mol. The number of aliphatic hydroxyl groups is 1. The van der Waals surface area contributed by atoms with E-state index in [1.807, 2.05) is 12.1 Å². The third kappa shape index (κ3) is 1.29. The Labute approximate surface area is 75.6 Å². The Morgan fingerprint density at radius 3 is 2.92 bits per heavy atom. The predicted octanol–water partition coefficient (Wildman–Crippen LogP) is 1.19. The molecule has 0 aromatic carbocycles. The quantitative estimate of drug-likeness (QED) is 0.687. The van der Waals surface area contributed by atoms with Crippen LogP contribution in [0.2, 0.25) is 0 Å². The second-order valence-corrected chi connectivity index (χ2v) is 3.53. The zero-order valence-corrected chi connectivity index (χ0v) is 7.57. The molecular formula is C9H11N3O. The molecule has 0 saturated carbocycles. The van der Waals surface area contributed by atoms with Crippen LogP contribution in [0.1, 0.15) is 19.5 Å². The van der Waals surface area contributed by atoms with Crippen LogP contribution in [-0.2, 0) is 5.60 Å². The lowest BCUT2D eigenvalue weighted by atomic mass is 10.0. The molecule has 0 atom stereocenters. The Balaban J connectivity index is 2.72. The molecule has 4 nitrogen and oxygen atoms in total. The summed E-state index contributed by atoms with van der Waals surface area (Å²) in [5.41, 5.74) is 1.24. The Morgan fingerprint density at radius 2 is 2.23 bits per heavy atom. The van der Waals surface area contributed by atoms with E-state index in [-0.39, 0.29) is 0 Å². The molecule has 2 aromatic rings. The number of pyridine rings is 1. The largest absolute Gasteiger partial charge is 0.384 e. The number of fused-ring (bicyclic) bond motifs is 1. The van der Waals surface area contributed by atoms with Crippen LogP contribution in [0.15, 0.2) is 18.3 Å². The SMILES string of the molecule is CC(C)(O)c1[nH]nc2cccnc12. The molecule has 2 N–H and O–H groups in total. The van der Waals surface area contributed by atoms with Crippen molar-refractivity contribution in [1.29, 1.82) is 0 Å². The van der Waals surface area contributed by atoms with E-state index in [1.165, 1.54) is 0 Å². The minimum absolute atomic E-state index is 0.656. The van der Waals surface area contributed by atoms with Gasteiger partial charge in [0, 0.05) is 6.20 Å². The van der Waals surface area contributed by atoms with Crippen LogP contribution >= 0.6 is 0 Å². The van der Waals surface area contributed by atoms with E-state index >= 15 is 0 Å². The second-order valence-electron chi connectivity index (χ2n) is 3.53. The van der Waals surface area contributed by atoms with E-state index in [4.69, 9.17) is 0 Å². The maximum Gasteiger partial charge on any atom is 0.114 e. The highest BCUT2D eigenvalue weighted by molar-refractivity contribution is 5.77. The van der Waals surface area contributed by atoms with Crippen LogP contribution in [0.25, 0.3) is 11.0 Å². The third-order valence-electron chi connectivity index (χ3n) is 1.92. The average Bonchev–Trinajstić information content (AvgIpc) is 2.45. The molecule has 0 unspecified atom stereocenters. The zero-order valence-electron chi connectivity index (χ0n) is 7.57. The summed E-state index contributed by atoms with van der Waals surface area (Å²) in [6.45, 7) is 3.41. The zero-order chi connectivity index (χ0) is 9.47. The van der Waals surface area contributed by atoms with Crippen LogP contribution in [0.5, 0.6) is 0 Å². The van der Waals surface area contributed by atoms with Crippen molar-refractivity contribution in [2.75, 3.05) is 0 Å². The lowest BCUT2D eigenvalue weighted by Crippen LogP contribution is -2.16. The molecule has 0 aliphatic carbocycles. The minimum atomic E-state index is -0.927. The van der Waals surface area contributed by atoms with Crippen molar-refractivity contribution in [3.63, 3.8) is 0 Å². The van der Waals surface area contributed by atoms with Gasteiger partial charge in [0.25, 0.3) is 0 Å². The van der Waals surface area contributed by atoms with E-state index in [1.54, 1.807) is 20.0 Å². The summed E-state index contributed by atoms with van der Waals surface area (Å²) in [6.07, 6.45) is 1.69. The van der Waals surface area contributed by atoms with E-state index in [9.17, 15) is 5.11 Å². The van der Waals surface area contributed by atoms with Gasteiger partial charge in [-0.05, 0) is 26.0 Å². The fraction of sp³-hybridized carbons (Fsp3) is 0.333. The van der Waals surface area contributed by atoms with Crippen molar-refractivity contribution >= 4 is 11.0 Å². The van der Waals surface area contributed by atoms with Crippen LogP contribution in [0.4, 0.5) is 0 Å². The second kappa shape index (κ2) is 2.53. The van der Waals surface area contributed by atoms with E-state index < -0.39 is 5.60 Å². The van der Waals surface area contributed by atoms with Gasteiger partial charge < -0.3 is 5.11 Å². The van der Waals surface area contributed by atoms with Gasteiger partial charge in [0.2, 0.25) is 0 Å². The molecule has 2 aromatic heterocycles. The summed E-state index contributed by atoms with van der Waals surface area (Å²) < 4.78 is 0. The van der Waals surface area contributed by atoms with Crippen molar-refractivity contribution in [3.05, 3.63) is 24.0 Å². The Morgan fingerprint density at radius 1 is 1.46 bits per heavy atom. The van der Waals surface area contributed by atoms with Gasteiger partial charge in [0.05, 0.1) is 5.69 Å². The van der Waals surface area contributed by atoms with Crippen LogP contribution < -0.4 is 0 Å². The van der Waals surface area contributed by atoms with E-state index in [0.717, 1.165) is 11.0 Å². The molecule has 0 radical (unpaired) electrons. The number of H-pyrrole nitrogens is 1. The Hall–Kier alpha value is -1.42. The van der Waals surface area contributed by atoms with Gasteiger partial charge in [-0.2, -0.15) is 5.10 Å². The van der Waals surface area contributed by atoms with Gasteiger partial charge in [0.1, 0.15) is 16.6 Å². The minimum Gasteiger partial charge on any atom is -0.384 e. The number of aromatic amines is 1. The highest BCUT2D eigenvalue weighted by atomic mass is 16.3. The van der Waals surface area contributed by atoms with Crippen molar-refractivity contribution in [2.45, 2.75) is 19.4 Å². The van der Waals surface area contributed by atoms with Gasteiger partial charge in [-0.3, -0.25) is 10.1 Å². The normalized spacial score (nSPS) is 12.2. The molecule has 13 heavy (non-hydrogen) atoms. The predicted molar refractivity (Wildman–Crippen MR) is 49.1 cm³/mol. The molecule has 2 rings (SSSR count). The van der Waals surface area contributed by atoms with Gasteiger partial charge in [-0.1, -0.05) is 0 Å². The van der Waals surface area contributed by atoms with Crippen LogP contribution in [0.3, 0.4) is 0 Å². The number of nitrogens with one attached hydrogen (secondary N) is 1. The van der Waals surface area contributed by atoms with E-state index in [0.29, 0.717) is 5.69 Å². The molecule has 0 fully saturated rings. The first kappa shape index (κ1) is 8.19. The molecule has 0 aliphatic rings. The summed E-state index contributed by atoms with van der Waals surface area (Å²) in [5.74, 6) is 0. The van der Waals surface area contributed by atoms with Gasteiger partial charge in [0.15, 0.2) is 0 Å². The maximum atomic E-state index is 9.76. The number of hydrogen-bond donors (Lipinski definition) is 2. The summed E-state index contributed by atoms with van der Waals surface area (Å²) in [6, 6.07) is 3.67. The average molecular weight is 177 g/mol. The lowest BCUT2D eigenvalue weighted by molar-refractivity contribution is 0.0751. The summed E-state index contributed by atoms with van der Waals surface area (Å²) in [5, 5.41) is 16.6. The van der Waals surface area contributed by atoms with Crippen LogP contribution in [-0.4, -0.2) is 20.3 Å². The fourth-order valence-corrected chi connectivity index (χ4v) is 1.28. The third-order valence-corrected chi connectivity index (χ3v) is 1.92. The molecule has 2 heterocycles. The Kier molecular flexibility index (Phi) is 1.60. The molecule has 4 heteroatoms. The van der Waals surface area contributed by atoms with Crippen molar-refractivity contribution in [2.24, 2.45) is 0 Å². The van der Waals surface area contributed by atoms with Gasteiger partial charge in [-0.25, -0.2) is 0 Å². The molecule has 0 bridgehead atoms. The standard InChI is InChI=1S/C9H11N3O/c1-9(2,13)8-7-6(11-12-8)4-3-5-10-7/h3-5,13H,1-2H3,(H,11,12). The molecule has 0 saturated heterocycles. The van der Waals surface area contributed by atoms with Crippen molar-refractivity contribution in [1.82, 2.24) is 15.2 Å². The smallest absolute Gasteiger partial charge is 0.114 e. The first-order valence-electron chi connectivity index (χ1n) is 4.11. The highest BCUT2D eigenvalue weighted by Gasteiger charge is 2.22. The number of nitrogens with zero attached hydrogens (tertiary/aromatic N) is 2. The lowest BCUT2D eigenvalue weighted by Gasteiger charge is -2.14. The van der Waals surface area contributed by atoms with Gasteiger partial charge >= 0.3 is 0 Å². The monoisotopic (exact) mass is 177 g/mol. The van der Waals surface area contributed by atoms with E-state index in [2.05, 4.69) is 15.2 Å². The fourth-order valence-electron chi connectivity index (χ4n) is 1.28. The highest BCUT2D eigenvalue weighted by Crippen LogP contribution is 2.23. The number of aromatic nitrogens is 3. The molecule has 0 amide bonds. The van der Waals surface area contributed by atoms with Gasteiger partial charge in [-0.15, -0.1) is 0 Å². The first-order chi connectivity index (χ1) is 6.09. The van der Waals surface area contributed by atoms with Crippen molar-refractivity contribution < 1.29 is 5.11 Å². The molecule has 68 valence electrons. The number of hydrogen-bond acceptors (Lipinski definition) is 3. The summed E-state index contributed by atoms with van der Waals surface area (Å²) in [7, 11) is 0.